The maximum Gasteiger partial charge on any atom is 0.407 e. The summed E-state index contributed by atoms with van der Waals surface area (Å²) in [5, 5.41) is 2.72. The molecule has 0 aromatic carbocycles. The molecule has 0 aliphatic rings. The molecule has 1 rings (SSSR count). The van der Waals surface area contributed by atoms with Crippen molar-refractivity contribution >= 4 is 12.1 Å². The Kier molecular flexibility index (Phi) is 15.8. The number of nitrogens with zero attached hydrogens (tertiary/aromatic N) is 1. The molecule has 1 amide bonds. The van der Waals surface area contributed by atoms with Crippen molar-refractivity contribution in [2.24, 2.45) is 0 Å². The van der Waals surface area contributed by atoms with Crippen LogP contribution in [-0.4, -0.2) is 31.8 Å². The summed E-state index contributed by atoms with van der Waals surface area (Å²) in [6, 6.07) is 4.12. The number of hydrogen-bond acceptors (Lipinski definition) is 4. The van der Waals surface area contributed by atoms with Gasteiger partial charge in [-0.2, -0.15) is 0 Å². The van der Waals surface area contributed by atoms with Crippen molar-refractivity contribution in [1.82, 2.24) is 5.32 Å². The number of hydrogen-bond donors (Lipinski definition) is 1. The van der Waals surface area contributed by atoms with Crippen LogP contribution in [0.15, 0.2) is 36.7 Å². The van der Waals surface area contributed by atoms with Gasteiger partial charge in [-0.3, -0.25) is 0 Å². The minimum Gasteiger partial charge on any atom is -0.459 e. The quantitative estimate of drug-likeness (QED) is 0.144. The van der Waals surface area contributed by atoms with Gasteiger partial charge >= 0.3 is 12.1 Å². The van der Waals surface area contributed by atoms with Gasteiger partial charge in [0.05, 0.1) is 0 Å². The third-order valence-electron chi connectivity index (χ3n) is 5.27. The lowest BCUT2D eigenvalue weighted by Crippen LogP contribution is -2.34. The maximum atomic E-state index is 11.7. The fourth-order valence-corrected chi connectivity index (χ4v) is 3.40. The first-order valence-corrected chi connectivity index (χ1v) is 12.2. The zero-order valence-electron chi connectivity index (χ0n) is 20.2. The predicted octanol–water partition coefficient (Wildman–Crippen LogP) is 5.28. The fraction of sp³-hybridized carbons (Fsp3) is 0.654. The number of pyridine rings is 1. The zero-order chi connectivity index (χ0) is 23.4. The van der Waals surface area contributed by atoms with Gasteiger partial charge in [-0.05, 0) is 25.8 Å². The largest absolute Gasteiger partial charge is 0.459 e. The molecule has 0 bridgehead atoms. The smallest absolute Gasteiger partial charge is 0.407 e. The first-order chi connectivity index (χ1) is 15.5. The number of alkyl carbamates (subject to hydrolysis) is 1. The molecule has 32 heavy (non-hydrogen) atoms. The van der Waals surface area contributed by atoms with Crippen LogP contribution < -0.4 is 9.88 Å². The molecular weight excluding hydrogens is 404 g/mol. The molecule has 6 nitrogen and oxygen atoms in total. The van der Waals surface area contributed by atoms with E-state index in [1.54, 1.807) is 6.92 Å². The molecular formula is C26H43N2O4+. The highest BCUT2D eigenvalue weighted by Gasteiger charge is 2.07. The van der Waals surface area contributed by atoms with Crippen molar-refractivity contribution in [3.8, 4) is 0 Å². The number of carbonyl (C=O) groups is 2. The highest BCUT2D eigenvalue weighted by atomic mass is 16.6. The minimum atomic E-state index is -0.509. The monoisotopic (exact) mass is 447 g/mol. The molecule has 1 N–H and O–H groups in total. The Labute approximate surface area is 194 Å². The summed E-state index contributed by atoms with van der Waals surface area (Å²) in [5.74, 6) is -0.482. The van der Waals surface area contributed by atoms with E-state index in [1.165, 1.54) is 69.8 Å². The number of unbranched alkanes of at least 4 members (excludes halogenated alkanes) is 9. The average Bonchev–Trinajstić information content (AvgIpc) is 2.78. The number of aromatic nitrogens is 1. The molecule has 0 aliphatic heterocycles. The Balaban J connectivity index is 2.09. The lowest BCUT2D eigenvalue weighted by atomic mass is 10.1. The van der Waals surface area contributed by atoms with Gasteiger partial charge in [0.25, 0.3) is 0 Å². The number of aryl methyl sites for hydroxylation is 1. The number of ether oxygens (including phenoxy) is 2. The second-order valence-corrected chi connectivity index (χ2v) is 8.36. The fourth-order valence-electron chi connectivity index (χ4n) is 3.40. The second kappa shape index (κ2) is 18.2. The molecule has 0 fully saturated rings. The molecule has 0 unspecified atom stereocenters. The van der Waals surface area contributed by atoms with Crippen LogP contribution in [0.25, 0.3) is 0 Å². The van der Waals surface area contributed by atoms with Crippen molar-refractivity contribution < 1.29 is 23.6 Å². The topological polar surface area (TPSA) is 68.5 Å². The van der Waals surface area contributed by atoms with Gasteiger partial charge in [0.15, 0.2) is 12.4 Å². The van der Waals surface area contributed by atoms with E-state index in [-0.39, 0.29) is 13.2 Å². The molecule has 0 saturated heterocycles. The molecule has 1 aromatic rings. The Morgan fingerprint density at radius 1 is 0.969 bits per heavy atom. The van der Waals surface area contributed by atoms with Crippen molar-refractivity contribution in [3.05, 3.63) is 42.2 Å². The maximum absolute atomic E-state index is 11.7. The van der Waals surface area contributed by atoms with Crippen LogP contribution in [0.5, 0.6) is 0 Å². The average molecular weight is 448 g/mol. The highest BCUT2D eigenvalue weighted by Crippen LogP contribution is 2.10. The summed E-state index contributed by atoms with van der Waals surface area (Å²) in [6.07, 6.45) is 17.9. The lowest BCUT2D eigenvalue weighted by molar-refractivity contribution is -0.697. The predicted molar refractivity (Wildman–Crippen MR) is 127 cm³/mol. The van der Waals surface area contributed by atoms with E-state index in [0.717, 1.165) is 13.0 Å². The van der Waals surface area contributed by atoms with Crippen LogP contribution >= 0.6 is 0 Å². The summed E-state index contributed by atoms with van der Waals surface area (Å²) in [7, 11) is 0. The van der Waals surface area contributed by atoms with E-state index in [0.29, 0.717) is 12.1 Å². The van der Waals surface area contributed by atoms with E-state index >= 15 is 0 Å². The van der Waals surface area contributed by atoms with Crippen LogP contribution in [0.1, 0.15) is 83.6 Å². The number of esters is 1. The number of amides is 1. The van der Waals surface area contributed by atoms with Gasteiger partial charge in [0.2, 0.25) is 0 Å². The second-order valence-electron chi connectivity index (χ2n) is 8.36. The zero-order valence-corrected chi connectivity index (χ0v) is 20.2. The van der Waals surface area contributed by atoms with Crippen molar-refractivity contribution in [2.45, 2.75) is 91.0 Å². The molecule has 0 saturated carbocycles. The van der Waals surface area contributed by atoms with Gasteiger partial charge in [-0.25, -0.2) is 14.2 Å². The Morgan fingerprint density at radius 2 is 1.59 bits per heavy atom. The minimum absolute atomic E-state index is 0.0229. The molecule has 0 radical (unpaired) electrons. The number of carbonyl (C=O) groups excluding carboxylic acids is 2. The van der Waals surface area contributed by atoms with Crippen LogP contribution in [0.2, 0.25) is 0 Å². The van der Waals surface area contributed by atoms with E-state index in [4.69, 9.17) is 9.47 Å². The van der Waals surface area contributed by atoms with Crippen molar-refractivity contribution in [1.29, 1.82) is 0 Å². The molecule has 0 atom stereocenters. The van der Waals surface area contributed by atoms with Crippen molar-refractivity contribution in [2.75, 3.05) is 19.8 Å². The SMILES string of the molecule is C=C(C)C(=O)OCCOC(=O)NCCc1ccc[n+](CCCCCCCCCCCC)c1. The molecule has 0 spiro atoms. The van der Waals surface area contributed by atoms with Gasteiger partial charge in [-0.15, -0.1) is 0 Å². The van der Waals surface area contributed by atoms with E-state index in [2.05, 4.69) is 47.9 Å². The van der Waals surface area contributed by atoms with Gasteiger partial charge in [0, 0.05) is 30.2 Å². The molecule has 1 aromatic heterocycles. The molecule has 1 heterocycles. The summed E-state index contributed by atoms with van der Waals surface area (Å²) in [5.41, 5.74) is 1.50. The number of rotatable bonds is 18. The standard InChI is InChI=1S/C26H42N2O4/c1-4-5-6-7-8-9-10-11-12-13-18-28-19-14-15-24(22-28)16-17-27-26(30)32-21-20-31-25(29)23(2)3/h14-15,19,22H,2,4-13,16-18,20-21H2,1,3H3/p+1. The van der Waals surface area contributed by atoms with Crippen LogP contribution in [0.4, 0.5) is 4.79 Å². The van der Waals surface area contributed by atoms with Gasteiger partial charge < -0.3 is 14.8 Å². The van der Waals surface area contributed by atoms with Crippen LogP contribution in [-0.2, 0) is 27.2 Å². The Morgan fingerprint density at radius 3 is 2.25 bits per heavy atom. The molecule has 0 aliphatic carbocycles. The van der Waals surface area contributed by atoms with E-state index in [9.17, 15) is 9.59 Å². The third-order valence-corrected chi connectivity index (χ3v) is 5.27. The highest BCUT2D eigenvalue weighted by molar-refractivity contribution is 5.86. The summed E-state index contributed by atoms with van der Waals surface area (Å²) < 4.78 is 12.1. The molecule has 6 heteroatoms. The summed E-state index contributed by atoms with van der Waals surface area (Å²) in [4.78, 5) is 22.9. The van der Waals surface area contributed by atoms with Crippen LogP contribution in [0.3, 0.4) is 0 Å². The van der Waals surface area contributed by atoms with Crippen LogP contribution in [0, 0.1) is 0 Å². The summed E-state index contributed by atoms with van der Waals surface area (Å²) >= 11 is 0. The summed E-state index contributed by atoms with van der Waals surface area (Å²) in [6.45, 7) is 8.89. The molecule has 180 valence electrons. The van der Waals surface area contributed by atoms with Crippen molar-refractivity contribution in [3.63, 3.8) is 0 Å². The van der Waals surface area contributed by atoms with Gasteiger partial charge in [0.1, 0.15) is 19.8 Å². The first kappa shape index (κ1) is 27.7. The number of nitrogens with one attached hydrogen (secondary N) is 1. The normalized spacial score (nSPS) is 10.6. The Hall–Kier alpha value is -2.37. The third kappa shape index (κ3) is 14.6. The Bertz CT molecular complexity index is 676. The van der Waals surface area contributed by atoms with E-state index < -0.39 is 12.1 Å². The lowest BCUT2D eigenvalue weighted by Gasteiger charge is -2.07. The first-order valence-electron chi connectivity index (χ1n) is 12.2. The van der Waals surface area contributed by atoms with Gasteiger partial charge in [-0.1, -0.05) is 64.9 Å². The van der Waals surface area contributed by atoms with E-state index in [1.807, 2.05) is 0 Å².